The van der Waals surface area contributed by atoms with Gasteiger partial charge in [-0.05, 0) is 39.5 Å². The van der Waals surface area contributed by atoms with Gasteiger partial charge in [0.2, 0.25) is 0 Å². The molecule has 1 rings (SSSR count). The predicted octanol–water partition coefficient (Wildman–Crippen LogP) is 2.17. The van der Waals surface area contributed by atoms with Crippen molar-refractivity contribution in [3.05, 3.63) is 0 Å². The molecule has 2 amide bonds. The lowest BCUT2D eigenvalue weighted by atomic mass is 9.98. The van der Waals surface area contributed by atoms with Crippen LogP contribution in [0.2, 0.25) is 0 Å². The van der Waals surface area contributed by atoms with E-state index in [1.54, 1.807) is 11.9 Å². The third-order valence-corrected chi connectivity index (χ3v) is 3.63. The van der Waals surface area contributed by atoms with Gasteiger partial charge in [-0.3, -0.25) is 4.79 Å². The zero-order valence-electron chi connectivity index (χ0n) is 11.6. The molecule has 1 aliphatic heterocycles. The number of hydrogen-bond donors (Lipinski definition) is 1. The van der Waals surface area contributed by atoms with E-state index < -0.39 is 5.97 Å². The minimum absolute atomic E-state index is 0.0279. The molecule has 0 spiro atoms. The first-order chi connectivity index (χ1) is 8.43. The topological polar surface area (TPSA) is 60.9 Å². The van der Waals surface area contributed by atoms with Crippen molar-refractivity contribution in [2.45, 2.75) is 58.0 Å². The Bertz CT molecular complexity index is 297. The van der Waals surface area contributed by atoms with Gasteiger partial charge in [-0.15, -0.1) is 0 Å². The average Bonchev–Trinajstić information content (AvgIpc) is 2.27. The number of likely N-dealkylation sites (tertiary alicyclic amines) is 1. The van der Waals surface area contributed by atoms with Crippen LogP contribution in [0, 0.1) is 0 Å². The van der Waals surface area contributed by atoms with Crippen molar-refractivity contribution in [2.75, 3.05) is 13.6 Å². The van der Waals surface area contributed by atoms with Gasteiger partial charge in [-0.1, -0.05) is 0 Å². The van der Waals surface area contributed by atoms with Crippen LogP contribution < -0.4 is 0 Å². The van der Waals surface area contributed by atoms with Crippen LogP contribution in [0.15, 0.2) is 0 Å². The van der Waals surface area contributed by atoms with Crippen molar-refractivity contribution in [3.8, 4) is 0 Å². The van der Waals surface area contributed by atoms with Gasteiger partial charge in [0.15, 0.2) is 0 Å². The maximum absolute atomic E-state index is 12.3. The molecule has 0 aromatic heterocycles. The third kappa shape index (κ3) is 3.89. The maximum Gasteiger partial charge on any atom is 0.320 e. The van der Waals surface area contributed by atoms with Crippen LogP contribution in [0.3, 0.4) is 0 Å². The molecule has 0 aliphatic carbocycles. The van der Waals surface area contributed by atoms with Crippen LogP contribution in [0.1, 0.15) is 46.0 Å². The van der Waals surface area contributed by atoms with Crippen molar-refractivity contribution < 1.29 is 14.7 Å². The van der Waals surface area contributed by atoms with Crippen molar-refractivity contribution in [2.24, 2.45) is 0 Å². The molecular formula is C13H24N2O3. The number of carboxylic acids is 1. The third-order valence-electron chi connectivity index (χ3n) is 3.63. The smallest absolute Gasteiger partial charge is 0.320 e. The highest BCUT2D eigenvalue weighted by Gasteiger charge is 2.30. The van der Waals surface area contributed by atoms with E-state index >= 15 is 0 Å². The first-order valence-corrected chi connectivity index (χ1v) is 6.68. The number of rotatable bonds is 4. The van der Waals surface area contributed by atoms with Gasteiger partial charge in [0.25, 0.3) is 0 Å². The SMILES string of the molecule is CC1CCCC(C)N1C(=O)N(C)CCCC(=O)O. The fourth-order valence-electron chi connectivity index (χ4n) is 2.56. The molecule has 2 atom stereocenters. The summed E-state index contributed by atoms with van der Waals surface area (Å²) in [7, 11) is 1.75. The molecule has 1 saturated heterocycles. The summed E-state index contributed by atoms with van der Waals surface area (Å²) in [4.78, 5) is 26.3. The normalized spacial score (nSPS) is 23.8. The summed E-state index contributed by atoms with van der Waals surface area (Å²) in [5.41, 5.74) is 0. The van der Waals surface area contributed by atoms with Crippen LogP contribution >= 0.6 is 0 Å². The maximum atomic E-state index is 12.3. The molecule has 2 unspecified atom stereocenters. The van der Waals surface area contributed by atoms with Crippen molar-refractivity contribution in [1.29, 1.82) is 0 Å². The van der Waals surface area contributed by atoms with E-state index in [0.717, 1.165) is 12.8 Å². The van der Waals surface area contributed by atoms with Gasteiger partial charge in [0, 0.05) is 32.1 Å². The highest BCUT2D eigenvalue weighted by molar-refractivity contribution is 5.75. The molecular weight excluding hydrogens is 232 g/mol. The second-order valence-corrected chi connectivity index (χ2v) is 5.24. The molecule has 1 N–H and O–H groups in total. The zero-order chi connectivity index (χ0) is 13.7. The highest BCUT2D eigenvalue weighted by Crippen LogP contribution is 2.23. The Hall–Kier alpha value is -1.26. The molecule has 104 valence electrons. The Morgan fingerprint density at radius 2 is 1.83 bits per heavy atom. The van der Waals surface area contributed by atoms with Gasteiger partial charge in [0.05, 0.1) is 0 Å². The Morgan fingerprint density at radius 1 is 1.28 bits per heavy atom. The Labute approximate surface area is 109 Å². The molecule has 5 heteroatoms. The van der Waals surface area contributed by atoms with Gasteiger partial charge in [-0.25, -0.2) is 4.79 Å². The summed E-state index contributed by atoms with van der Waals surface area (Å²) >= 11 is 0. The molecule has 0 aromatic carbocycles. The van der Waals surface area contributed by atoms with Crippen molar-refractivity contribution >= 4 is 12.0 Å². The van der Waals surface area contributed by atoms with Crippen LogP contribution in [-0.4, -0.2) is 52.6 Å². The molecule has 0 radical (unpaired) electrons. The number of aliphatic carboxylic acids is 1. The Morgan fingerprint density at radius 3 is 2.33 bits per heavy atom. The minimum Gasteiger partial charge on any atom is -0.481 e. The number of carboxylic acid groups (broad SMARTS) is 1. The van der Waals surface area contributed by atoms with E-state index in [9.17, 15) is 9.59 Å². The summed E-state index contributed by atoms with van der Waals surface area (Å²) in [6.07, 6.45) is 3.91. The standard InChI is InChI=1S/C13H24N2O3/c1-10-6-4-7-11(2)15(10)13(18)14(3)9-5-8-12(16)17/h10-11H,4-9H2,1-3H3,(H,16,17). The average molecular weight is 256 g/mol. The largest absolute Gasteiger partial charge is 0.481 e. The van der Waals surface area contributed by atoms with Gasteiger partial charge in [0.1, 0.15) is 0 Å². The summed E-state index contributed by atoms with van der Waals surface area (Å²) < 4.78 is 0. The number of nitrogens with zero attached hydrogens (tertiary/aromatic N) is 2. The molecule has 18 heavy (non-hydrogen) atoms. The van der Waals surface area contributed by atoms with E-state index in [-0.39, 0.29) is 24.5 Å². The van der Waals surface area contributed by atoms with Crippen molar-refractivity contribution in [3.63, 3.8) is 0 Å². The highest BCUT2D eigenvalue weighted by atomic mass is 16.4. The summed E-state index contributed by atoms with van der Waals surface area (Å²) in [6.45, 7) is 4.67. The molecule has 1 heterocycles. The number of hydrogen-bond acceptors (Lipinski definition) is 2. The Balaban J connectivity index is 2.48. The first kappa shape index (κ1) is 14.8. The molecule has 5 nitrogen and oxygen atoms in total. The Kier molecular flexibility index (Phi) is 5.44. The number of carbonyl (C=O) groups excluding carboxylic acids is 1. The first-order valence-electron chi connectivity index (χ1n) is 6.68. The van der Waals surface area contributed by atoms with Gasteiger partial charge < -0.3 is 14.9 Å². The fraction of sp³-hybridized carbons (Fsp3) is 0.846. The quantitative estimate of drug-likeness (QED) is 0.838. The second-order valence-electron chi connectivity index (χ2n) is 5.24. The minimum atomic E-state index is -0.810. The summed E-state index contributed by atoms with van der Waals surface area (Å²) in [6, 6.07) is 0.589. The van der Waals surface area contributed by atoms with Crippen LogP contribution in [0.25, 0.3) is 0 Å². The lowest BCUT2D eigenvalue weighted by Crippen LogP contribution is -2.52. The monoisotopic (exact) mass is 256 g/mol. The molecule has 0 aromatic rings. The number of carbonyl (C=O) groups is 2. The second kappa shape index (κ2) is 6.61. The van der Waals surface area contributed by atoms with Gasteiger partial charge >= 0.3 is 12.0 Å². The fourth-order valence-corrected chi connectivity index (χ4v) is 2.56. The lowest BCUT2D eigenvalue weighted by molar-refractivity contribution is -0.137. The van der Waals surface area contributed by atoms with Crippen LogP contribution in [-0.2, 0) is 4.79 Å². The molecule has 0 bridgehead atoms. The van der Waals surface area contributed by atoms with Gasteiger partial charge in [-0.2, -0.15) is 0 Å². The van der Waals surface area contributed by atoms with Crippen LogP contribution in [0.4, 0.5) is 4.79 Å². The van der Waals surface area contributed by atoms with Crippen molar-refractivity contribution in [1.82, 2.24) is 9.80 Å². The molecule has 1 fully saturated rings. The summed E-state index contributed by atoms with van der Waals surface area (Å²) in [5, 5.41) is 8.58. The van der Waals surface area contributed by atoms with Crippen LogP contribution in [0.5, 0.6) is 0 Å². The number of amides is 2. The number of piperidine rings is 1. The van der Waals surface area contributed by atoms with E-state index in [1.165, 1.54) is 6.42 Å². The number of urea groups is 1. The molecule has 0 saturated carbocycles. The summed E-state index contributed by atoms with van der Waals surface area (Å²) in [5.74, 6) is -0.810. The van der Waals surface area contributed by atoms with E-state index in [2.05, 4.69) is 13.8 Å². The zero-order valence-corrected chi connectivity index (χ0v) is 11.6. The molecule has 1 aliphatic rings. The van der Waals surface area contributed by atoms with E-state index in [4.69, 9.17) is 5.11 Å². The predicted molar refractivity (Wildman–Crippen MR) is 69.5 cm³/mol. The van der Waals surface area contributed by atoms with E-state index in [0.29, 0.717) is 13.0 Å². The lowest BCUT2D eigenvalue weighted by Gasteiger charge is -2.41. The van der Waals surface area contributed by atoms with E-state index in [1.807, 2.05) is 4.90 Å².